The van der Waals surface area contributed by atoms with E-state index in [9.17, 15) is 9.18 Å². The molecule has 4 rings (SSSR count). The fourth-order valence-corrected chi connectivity index (χ4v) is 3.58. The van der Waals surface area contributed by atoms with Crippen molar-refractivity contribution in [1.82, 2.24) is 10.3 Å². The molecule has 1 aliphatic rings. The quantitative estimate of drug-likeness (QED) is 0.761. The van der Waals surface area contributed by atoms with E-state index in [1.807, 2.05) is 36.4 Å². The Hall–Kier alpha value is -2.62. The summed E-state index contributed by atoms with van der Waals surface area (Å²) in [6, 6.07) is 14.8. The number of H-pyrrole nitrogens is 1. The van der Waals surface area contributed by atoms with Crippen LogP contribution in [0, 0.1) is 5.82 Å². The summed E-state index contributed by atoms with van der Waals surface area (Å²) in [6.07, 6.45) is 2.98. The third-order valence-electron chi connectivity index (χ3n) is 4.72. The fraction of sp³-hybridized carbons (Fsp3) is 0.250. The van der Waals surface area contributed by atoms with Crippen molar-refractivity contribution < 1.29 is 9.18 Å². The number of aromatic amines is 1. The first-order valence-electron chi connectivity index (χ1n) is 8.31. The molecule has 1 unspecified atom stereocenters. The molecule has 2 N–H and O–H groups in total. The smallest absolute Gasteiger partial charge is 0.224 e. The molecule has 0 fully saturated rings. The number of carbonyl (C=O) groups excluding carboxylic acids is 1. The first-order chi connectivity index (χ1) is 11.7. The van der Waals surface area contributed by atoms with Gasteiger partial charge in [-0.3, -0.25) is 4.79 Å². The zero-order valence-electron chi connectivity index (χ0n) is 13.3. The normalized spacial score (nSPS) is 16.8. The summed E-state index contributed by atoms with van der Waals surface area (Å²) in [7, 11) is 0. The number of hydrogen-bond donors (Lipinski definition) is 2. The van der Waals surface area contributed by atoms with Crippen LogP contribution in [-0.2, 0) is 24.1 Å². The van der Waals surface area contributed by atoms with E-state index in [0.29, 0.717) is 6.42 Å². The van der Waals surface area contributed by atoms with Crippen molar-refractivity contribution in [3.05, 3.63) is 71.2 Å². The van der Waals surface area contributed by atoms with Crippen LogP contribution in [0.4, 0.5) is 4.39 Å². The van der Waals surface area contributed by atoms with Crippen LogP contribution in [-0.4, -0.2) is 16.9 Å². The monoisotopic (exact) mass is 322 g/mol. The van der Waals surface area contributed by atoms with Crippen LogP contribution in [0.2, 0.25) is 0 Å². The van der Waals surface area contributed by atoms with Crippen LogP contribution in [0.5, 0.6) is 0 Å². The molecule has 1 amide bonds. The van der Waals surface area contributed by atoms with Gasteiger partial charge in [-0.25, -0.2) is 4.39 Å². The van der Waals surface area contributed by atoms with Gasteiger partial charge in [0.05, 0.1) is 6.42 Å². The number of aromatic nitrogens is 1. The molecule has 0 spiro atoms. The summed E-state index contributed by atoms with van der Waals surface area (Å²) >= 11 is 0. The van der Waals surface area contributed by atoms with E-state index < -0.39 is 0 Å². The minimum atomic E-state index is -0.228. The molecule has 1 aromatic heterocycles. The zero-order chi connectivity index (χ0) is 16.5. The number of nitrogens with one attached hydrogen (secondary N) is 2. The number of carbonyl (C=O) groups is 1. The van der Waals surface area contributed by atoms with Crippen molar-refractivity contribution in [2.45, 2.75) is 31.7 Å². The number of hydrogen-bond acceptors (Lipinski definition) is 1. The van der Waals surface area contributed by atoms with Gasteiger partial charge in [0.1, 0.15) is 5.82 Å². The van der Waals surface area contributed by atoms with Crippen molar-refractivity contribution in [3.8, 4) is 0 Å². The summed E-state index contributed by atoms with van der Waals surface area (Å²) in [4.78, 5) is 15.6. The maximum Gasteiger partial charge on any atom is 0.224 e. The number of fused-ring (bicyclic) bond motifs is 3. The van der Waals surface area contributed by atoms with Crippen LogP contribution < -0.4 is 5.32 Å². The average Bonchev–Trinajstić information content (AvgIpc) is 2.92. The minimum absolute atomic E-state index is 0.0561. The van der Waals surface area contributed by atoms with Crippen molar-refractivity contribution in [1.29, 1.82) is 0 Å². The van der Waals surface area contributed by atoms with Crippen molar-refractivity contribution >= 4 is 16.8 Å². The molecule has 0 saturated carbocycles. The Morgan fingerprint density at radius 1 is 1.21 bits per heavy atom. The first-order valence-corrected chi connectivity index (χ1v) is 8.31. The lowest BCUT2D eigenvalue weighted by molar-refractivity contribution is -0.121. The lowest BCUT2D eigenvalue weighted by Gasteiger charge is -2.23. The minimum Gasteiger partial charge on any atom is -0.358 e. The number of benzene rings is 2. The summed E-state index contributed by atoms with van der Waals surface area (Å²) < 4.78 is 13.4. The molecular weight excluding hydrogens is 303 g/mol. The summed E-state index contributed by atoms with van der Waals surface area (Å²) in [6.45, 7) is 0. The van der Waals surface area contributed by atoms with E-state index in [-0.39, 0.29) is 17.8 Å². The van der Waals surface area contributed by atoms with Gasteiger partial charge in [-0.05, 0) is 48.6 Å². The Kier molecular flexibility index (Phi) is 3.81. The third-order valence-corrected chi connectivity index (χ3v) is 4.72. The zero-order valence-corrected chi connectivity index (χ0v) is 13.3. The highest BCUT2D eigenvalue weighted by molar-refractivity contribution is 5.85. The Bertz CT molecular complexity index is 885. The molecule has 3 aromatic rings. The molecule has 24 heavy (non-hydrogen) atoms. The standard InChI is InChI=1S/C20H19FN2O/c21-14-6-8-16-17-12-15(7-9-18(17)23-19(16)11-14)22-20(24)10-13-4-2-1-3-5-13/h1-6,8,11,15,23H,7,9-10,12H2,(H,22,24). The van der Waals surface area contributed by atoms with Gasteiger partial charge in [0.25, 0.3) is 0 Å². The van der Waals surface area contributed by atoms with Gasteiger partial charge in [-0.1, -0.05) is 30.3 Å². The summed E-state index contributed by atoms with van der Waals surface area (Å²) in [5.41, 5.74) is 4.25. The van der Waals surface area contributed by atoms with Crippen molar-refractivity contribution in [2.24, 2.45) is 0 Å². The SMILES string of the molecule is O=C(Cc1ccccc1)NC1CCc2[nH]c3cc(F)ccc3c2C1. The van der Waals surface area contributed by atoms with E-state index >= 15 is 0 Å². The molecule has 4 heteroatoms. The second-order valence-corrected chi connectivity index (χ2v) is 6.44. The average molecular weight is 322 g/mol. The van der Waals surface area contributed by atoms with Crippen LogP contribution in [0.15, 0.2) is 48.5 Å². The number of amides is 1. The van der Waals surface area contributed by atoms with Gasteiger partial charge in [0.2, 0.25) is 5.91 Å². The van der Waals surface area contributed by atoms with Gasteiger partial charge in [-0.2, -0.15) is 0 Å². The van der Waals surface area contributed by atoms with Crippen LogP contribution in [0.3, 0.4) is 0 Å². The second-order valence-electron chi connectivity index (χ2n) is 6.44. The molecule has 1 atom stereocenters. The molecule has 1 aliphatic carbocycles. The summed E-state index contributed by atoms with van der Waals surface area (Å²) in [5.74, 6) is -0.172. The molecule has 2 aromatic carbocycles. The van der Waals surface area contributed by atoms with Crippen LogP contribution in [0.1, 0.15) is 23.2 Å². The lowest BCUT2D eigenvalue weighted by atomic mass is 9.91. The lowest BCUT2D eigenvalue weighted by Crippen LogP contribution is -2.39. The number of rotatable bonds is 3. The Morgan fingerprint density at radius 3 is 2.88 bits per heavy atom. The van der Waals surface area contributed by atoms with E-state index in [1.165, 1.54) is 23.4 Å². The van der Waals surface area contributed by atoms with Gasteiger partial charge in [0, 0.05) is 22.6 Å². The summed E-state index contributed by atoms with van der Waals surface area (Å²) in [5, 5.41) is 4.21. The van der Waals surface area contributed by atoms with E-state index in [0.717, 1.165) is 35.7 Å². The number of halogens is 1. The van der Waals surface area contributed by atoms with Gasteiger partial charge in [0.15, 0.2) is 0 Å². The van der Waals surface area contributed by atoms with Gasteiger partial charge >= 0.3 is 0 Å². The fourth-order valence-electron chi connectivity index (χ4n) is 3.58. The maximum absolute atomic E-state index is 13.4. The van der Waals surface area contributed by atoms with E-state index in [2.05, 4.69) is 10.3 Å². The molecule has 0 aliphatic heterocycles. The predicted molar refractivity (Wildman–Crippen MR) is 92.4 cm³/mol. The first kappa shape index (κ1) is 14.9. The van der Waals surface area contributed by atoms with Gasteiger partial charge in [-0.15, -0.1) is 0 Å². The molecule has 1 heterocycles. The Labute approximate surface area is 139 Å². The highest BCUT2D eigenvalue weighted by Gasteiger charge is 2.23. The topological polar surface area (TPSA) is 44.9 Å². The number of aryl methyl sites for hydroxylation is 1. The molecule has 122 valence electrons. The molecule has 0 bridgehead atoms. The Balaban J connectivity index is 1.48. The highest BCUT2D eigenvalue weighted by atomic mass is 19.1. The van der Waals surface area contributed by atoms with Gasteiger partial charge < -0.3 is 10.3 Å². The predicted octanol–water partition coefficient (Wildman–Crippen LogP) is 3.52. The third kappa shape index (κ3) is 2.92. The largest absolute Gasteiger partial charge is 0.358 e. The van der Waals surface area contributed by atoms with Crippen LogP contribution >= 0.6 is 0 Å². The maximum atomic E-state index is 13.4. The second kappa shape index (κ2) is 6.11. The van der Waals surface area contributed by atoms with E-state index in [1.54, 1.807) is 0 Å². The molecule has 0 saturated heterocycles. The highest BCUT2D eigenvalue weighted by Crippen LogP contribution is 2.29. The van der Waals surface area contributed by atoms with Crippen molar-refractivity contribution in [2.75, 3.05) is 0 Å². The Morgan fingerprint density at radius 2 is 2.04 bits per heavy atom. The molecule has 3 nitrogen and oxygen atoms in total. The molecular formula is C20H19FN2O. The van der Waals surface area contributed by atoms with Crippen LogP contribution in [0.25, 0.3) is 10.9 Å². The van der Waals surface area contributed by atoms with Crippen molar-refractivity contribution in [3.63, 3.8) is 0 Å². The molecule has 0 radical (unpaired) electrons. The van der Waals surface area contributed by atoms with E-state index in [4.69, 9.17) is 0 Å².